The van der Waals surface area contributed by atoms with Crippen molar-refractivity contribution < 1.29 is 4.74 Å². The van der Waals surface area contributed by atoms with Crippen molar-refractivity contribution in [1.82, 2.24) is 10.3 Å². The normalized spacial score (nSPS) is 12.8. The first-order valence-corrected chi connectivity index (χ1v) is 7.97. The zero-order chi connectivity index (χ0) is 16.3. The van der Waals surface area contributed by atoms with Crippen LogP contribution >= 0.6 is 0 Å². The summed E-state index contributed by atoms with van der Waals surface area (Å²) in [5.41, 5.74) is 2.13. The van der Waals surface area contributed by atoms with Gasteiger partial charge in [0.2, 0.25) is 5.88 Å². The van der Waals surface area contributed by atoms with Crippen LogP contribution in [-0.4, -0.2) is 16.6 Å². The van der Waals surface area contributed by atoms with Crippen LogP contribution in [0.1, 0.15) is 73.1 Å². The van der Waals surface area contributed by atoms with Crippen LogP contribution in [0, 0.1) is 0 Å². The van der Waals surface area contributed by atoms with Gasteiger partial charge in [-0.05, 0) is 31.9 Å². The molecule has 0 saturated heterocycles. The molecular weight excluding hydrogens is 260 g/mol. The zero-order valence-corrected chi connectivity index (χ0v) is 15.0. The summed E-state index contributed by atoms with van der Waals surface area (Å²) in [4.78, 5) is 4.71. The molecule has 0 saturated carbocycles. The van der Waals surface area contributed by atoms with Crippen molar-refractivity contribution in [3.63, 3.8) is 0 Å². The molecule has 21 heavy (non-hydrogen) atoms. The van der Waals surface area contributed by atoms with Gasteiger partial charge in [-0.25, -0.2) is 4.98 Å². The van der Waals surface area contributed by atoms with Crippen LogP contribution in [0.4, 0.5) is 0 Å². The molecule has 0 aliphatic rings. The highest BCUT2D eigenvalue weighted by atomic mass is 16.5. The van der Waals surface area contributed by atoms with Crippen LogP contribution < -0.4 is 10.1 Å². The Hall–Kier alpha value is -1.09. The number of rotatable bonds is 6. The molecule has 1 aromatic heterocycles. The summed E-state index contributed by atoms with van der Waals surface area (Å²) in [7, 11) is 0. The Bertz CT molecular complexity index is 459. The Kier molecular flexibility index (Phi) is 5.80. The highest BCUT2D eigenvalue weighted by Gasteiger charge is 2.21. The van der Waals surface area contributed by atoms with E-state index in [1.807, 2.05) is 0 Å². The minimum Gasteiger partial charge on any atom is -0.472 e. The molecule has 0 atom stereocenters. The van der Waals surface area contributed by atoms with Gasteiger partial charge < -0.3 is 10.1 Å². The van der Waals surface area contributed by atoms with Crippen LogP contribution in [0.25, 0.3) is 0 Å². The summed E-state index contributed by atoms with van der Waals surface area (Å²) in [6.45, 7) is 18.0. The Labute approximate surface area is 130 Å². The second kappa shape index (κ2) is 6.78. The molecule has 0 unspecified atom stereocenters. The van der Waals surface area contributed by atoms with Gasteiger partial charge in [0.25, 0.3) is 0 Å². The van der Waals surface area contributed by atoms with E-state index in [1.54, 1.807) is 0 Å². The third-order valence-electron chi connectivity index (χ3n) is 3.58. The zero-order valence-electron chi connectivity index (χ0n) is 15.0. The molecule has 1 N–H and O–H groups in total. The molecule has 0 radical (unpaired) electrons. The molecule has 1 rings (SSSR count). The number of aromatic nitrogens is 1. The van der Waals surface area contributed by atoms with Gasteiger partial charge in [-0.15, -0.1) is 0 Å². The molecule has 3 heteroatoms. The summed E-state index contributed by atoms with van der Waals surface area (Å²) in [6, 6.07) is 4.70. The third kappa shape index (κ3) is 6.04. The van der Waals surface area contributed by atoms with E-state index in [-0.39, 0.29) is 11.0 Å². The quantitative estimate of drug-likeness (QED) is 0.841. The fourth-order valence-corrected chi connectivity index (χ4v) is 1.77. The van der Waals surface area contributed by atoms with E-state index in [1.165, 1.54) is 5.56 Å². The molecule has 0 aliphatic heterocycles. The van der Waals surface area contributed by atoms with E-state index in [2.05, 4.69) is 72.8 Å². The molecular formula is C18H32N2O. The Balaban J connectivity index is 3.09. The minimum absolute atomic E-state index is 0.0162. The van der Waals surface area contributed by atoms with Crippen molar-refractivity contribution >= 4 is 0 Å². The van der Waals surface area contributed by atoms with Gasteiger partial charge in [0, 0.05) is 24.1 Å². The van der Waals surface area contributed by atoms with Crippen LogP contribution in [0.2, 0.25) is 0 Å². The van der Waals surface area contributed by atoms with Gasteiger partial charge in [0.1, 0.15) is 5.60 Å². The summed E-state index contributed by atoms with van der Waals surface area (Å²) >= 11 is 0. The van der Waals surface area contributed by atoms with Gasteiger partial charge in [-0.2, -0.15) is 0 Å². The highest BCUT2D eigenvalue weighted by molar-refractivity contribution is 5.29. The fourth-order valence-electron chi connectivity index (χ4n) is 1.77. The van der Waals surface area contributed by atoms with Gasteiger partial charge in [-0.3, -0.25) is 0 Å². The van der Waals surface area contributed by atoms with Crippen LogP contribution in [0.3, 0.4) is 0 Å². The maximum absolute atomic E-state index is 6.10. The third-order valence-corrected chi connectivity index (χ3v) is 3.58. The lowest BCUT2D eigenvalue weighted by Gasteiger charge is -2.26. The lowest BCUT2D eigenvalue weighted by Crippen LogP contribution is -2.28. The molecule has 1 aromatic rings. The summed E-state index contributed by atoms with van der Waals surface area (Å²) in [5.74, 6) is 0.731. The van der Waals surface area contributed by atoms with Gasteiger partial charge >= 0.3 is 0 Å². The molecule has 0 spiro atoms. The number of pyridine rings is 1. The average Bonchev–Trinajstić information content (AvgIpc) is 2.34. The minimum atomic E-state index is -0.188. The predicted molar refractivity (Wildman–Crippen MR) is 89.9 cm³/mol. The van der Waals surface area contributed by atoms with Gasteiger partial charge in [0.15, 0.2) is 0 Å². The number of nitrogens with one attached hydrogen (secondary N) is 1. The van der Waals surface area contributed by atoms with Crippen molar-refractivity contribution in [2.45, 2.75) is 85.4 Å². The first kappa shape index (κ1) is 18.0. The molecule has 0 bridgehead atoms. The second-order valence-corrected chi connectivity index (χ2v) is 7.70. The van der Waals surface area contributed by atoms with Gasteiger partial charge in [-0.1, -0.05) is 41.5 Å². The van der Waals surface area contributed by atoms with Crippen LogP contribution in [0.5, 0.6) is 5.88 Å². The van der Waals surface area contributed by atoms with E-state index in [9.17, 15) is 0 Å². The van der Waals surface area contributed by atoms with E-state index >= 15 is 0 Å². The first-order chi connectivity index (χ1) is 9.53. The molecule has 3 nitrogen and oxygen atoms in total. The molecule has 0 fully saturated rings. The summed E-state index contributed by atoms with van der Waals surface area (Å²) < 4.78 is 6.10. The second-order valence-electron chi connectivity index (χ2n) is 7.70. The molecule has 120 valence electrons. The Morgan fingerprint density at radius 3 is 2.24 bits per heavy atom. The van der Waals surface area contributed by atoms with Crippen molar-refractivity contribution in [2.75, 3.05) is 0 Å². The average molecular weight is 292 g/mol. The summed E-state index contributed by atoms with van der Waals surface area (Å²) in [6.07, 6.45) is 0.952. The Morgan fingerprint density at radius 1 is 1.14 bits per heavy atom. The smallest absolute Gasteiger partial charge is 0.214 e. The Morgan fingerprint density at radius 2 is 1.76 bits per heavy atom. The fraction of sp³-hybridized carbons (Fsp3) is 0.722. The largest absolute Gasteiger partial charge is 0.472 e. The van der Waals surface area contributed by atoms with Crippen LogP contribution in [0.15, 0.2) is 12.1 Å². The molecule has 0 amide bonds. The van der Waals surface area contributed by atoms with Crippen molar-refractivity contribution in [3.8, 4) is 5.88 Å². The van der Waals surface area contributed by atoms with Gasteiger partial charge in [0.05, 0.1) is 5.69 Å². The number of hydrogen-bond donors (Lipinski definition) is 1. The molecule has 1 heterocycles. The van der Waals surface area contributed by atoms with Crippen molar-refractivity contribution in [1.29, 1.82) is 0 Å². The SMILES string of the molecule is CCC(C)(C)Oc1cc(CNC(C)C)cc(C(C)(C)C)n1. The van der Waals surface area contributed by atoms with E-state index in [4.69, 9.17) is 9.72 Å². The highest BCUT2D eigenvalue weighted by Crippen LogP contribution is 2.26. The summed E-state index contributed by atoms with van der Waals surface area (Å²) in [5, 5.41) is 3.46. The lowest BCUT2D eigenvalue weighted by atomic mass is 9.91. The topological polar surface area (TPSA) is 34.1 Å². The maximum Gasteiger partial charge on any atom is 0.214 e. The standard InChI is InChI=1S/C18H32N2O/c1-9-18(7,8)21-16-11-14(12-19-13(2)3)10-15(20-16)17(4,5)6/h10-11,13,19H,9,12H2,1-8H3. The number of nitrogens with zero attached hydrogens (tertiary/aromatic N) is 1. The lowest BCUT2D eigenvalue weighted by molar-refractivity contribution is 0.0982. The van der Waals surface area contributed by atoms with E-state index < -0.39 is 0 Å². The predicted octanol–water partition coefficient (Wildman–Crippen LogP) is 4.44. The van der Waals surface area contributed by atoms with Crippen molar-refractivity contribution in [2.24, 2.45) is 0 Å². The monoisotopic (exact) mass is 292 g/mol. The molecule has 0 aliphatic carbocycles. The van der Waals surface area contributed by atoms with E-state index in [0.717, 1.165) is 24.5 Å². The maximum atomic E-state index is 6.10. The van der Waals surface area contributed by atoms with E-state index in [0.29, 0.717) is 6.04 Å². The number of hydrogen-bond acceptors (Lipinski definition) is 3. The number of ether oxygens (including phenoxy) is 1. The van der Waals surface area contributed by atoms with Crippen LogP contribution in [-0.2, 0) is 12.0 Å². The van der Waals surface area contributed by atoms with Crippen molar-refractivity contribution in [3.05, 3.63) is 23.4 Å². The molecule has 0 aromatic carbocycles. The first-order valence-electron chi connectivity index (χ1n) is 7.97.